The number of rotatable bonds is 6. The molecule has 0 radical (unpaired) electrons. The molecule has 27 heavy (non-hydrogen) atoms. The molecule has 0 saturated heterocycles. The number of thiazole rings is 1. The normalized spacial score (nSPS) is 14.6. The van der Waals surface area contributed by atoms with Gasteiger partial charge in [0.1, 0.15) is 5.75 Å². The van der Waals surface area contributed by atoms with Crippen molar-refractivity contribution in [1.29, 1.82) is 0 Å². The van der Waals surface area contributed by atoms with E-state index in [9.17, 15) is 4.79 Å². The molecule has 1 aliphatic rings. The van der Waals surface area contributed by atoms with Crippen LogP contribution in [0, 0.1) is 0 Å². The number of benzene rings is 2. The Kier molecular flexibility index (Phi) is 5.12. The van der Waals surface area contributed by atoms with Gasteiger partial charge in [-0.15, -0.1) is 0 Å². The molecule has 7 heteroatoms. The lowest BCUT2D eigenvalue weighted by Gasteiger charge is -2.15. The Balaban J connectivity index is 1.44. The van der Waals surface area contributed by atoms with Crippen molar-refractivity contribution >= 4 is 45.7 Å². The van der Waals surface area contributed by atoms with E-state index in [0.717, 1.165) is 33.3 Å². The van der Waals surface area contributed by atoms with Crippen LogP contribution < -0.4 is 10.1 Å². The Bertz CT molecular complexity index is 968. The number of hydrogen-bond acceptors (Lipinski definition) is 5. The summed E-state index contributed by atoms with van der Waals surface area (Å²) in [7, 11) is 1.63. The maximum absolute atomic E-state index is 12.9. The van der Waals surface area contributed by atoms with Gasteiger partial charge in [0.05, 0.1) is 22.9 Å². The van der Waals surface area contributed by atoms with E-state index in [-0.39, 0.29) is 5.91 Å². The first kappa shape index (κ1) is 18.3. The number of halogens is 1. The molecule has 1 aliphatic carbocycles. The Morgan fingerprint density at radius 2 is 2.04 bits per heavy atom. The monoisotopic (exact) mass is 416 g/mol. The van der Waals surface area contributed by atoms with E-state index in [2.05, 4.69) is 10.3 Å². The number of carbonyl (C=O) groups excluding carboxylic acids is 1. The molecule has 0 spiro atoms. The van der Waals surface area contributed by atoms with Gasteiger partial charge in [-0.05, 0) is 48.7 Å². The zero-order valence-electron chi connectivity index (χ0n) is 14.6. The third kappa shape index (κ3) is 3.98. The van der Waals surface area contributed by atoms with Gasteiger partial charge in [0.2, 0.25) is 5.91 Å². The van der Waals surface area contributed by atoms with E-state index in [1.165, 1.54) is 11.3 Å². The highest BCUT2D eigenvalue weighted by Crippen LogP contribution is 2.49. The highest BCUT2D eigenvalue weighted by atomic mass is 35.5. The summed E-state index contributed by atoms with van der Waals surface area (Å²) in [4.78, 5) is 18.3. The summed E-state index contributed by atoms with van der Waals surface area (Å²) in [5.74, 6) is 0.791. The highest BCUT2D eigenvalue weighted by molar-refractivity contribution is 8.01. The van der Waals surface area contributed by atoms with Crippen molar-refractivity contribution in [2.45, 2.75) is 27.4 Å². The number of nitrogens with zero attached hydrogens (tertiary/aromatic N) is 1. The molecule has 1 fully saturated rings. The smallest absolute Gasteiger partial charge is 0.236 e. The van der Waals surface area contributed by atoms with Gasteiger partial charge in [-0.3, -0.25) is 4.79 Å². The van der Waals surface area contributed by atoms with Gasteiger partial charge in [0, 0.05) is 9.92 Å². The lowest BCUT2D eigenvalue weighted by Crippen LogP contribution is -2.27. The summed E-state index contributed by atoms with van der Waals surface area (Å²) < 4.78 is 6.20. The third-order valence-corrected chi connectivity index (χ3v) is 6.79. The number of methoxy groups -OCH3 is 1. The van der Waals surface area contributed by atoms with Crippen LogP contribution in [-0.4, -0.2) is 18.0 Å². The average molecular weight is 417 g/mol. The maximum Gasteiger partial charge on any atom is 0.236 e. The predicted molar refractivity (Wildman–Crippen MR) is 110 cm³/mol. The average Bonchev–Trinajstić information content (AvgIpc) is 3.38. The standard InChI is InChI=1S/C20H17ClN2O2S2/c1-25-15-7-5-13(6-8-15)20(9-10-20)18(24)23-19-22-12-17(27-19)26-16-4-2-3-14(21)11-16/h2-8,11-12H,9-10H2,1H3,(H,22,23,24). The molecule has 4 nitrogen and oxygen atoms in total. The fraction of sp³-hybridized carbons (Fsp3) is 0.200. The zero-order chi connectivity index (χ0) is 18.9. The van der Waals surface area contributed by atoms with Crippen LogP contribution in [0.5, 0.6) is 5.75 Å². The van der Waals surface area contributed by atoms with Crippen molar-refractivity contribution in [2.75, 3.05) is 12.4 Å². The zero-order valence-corrected chi connectivity index (χ0v) is 17.0. The minimum absolute atomic E-state index is 0.00122. The van der Waals surface area contributed by atoms with Crippen molar-refractivity contribution in [1.82, 2.24) is 4.98 Å². The molecule has 1 N–H and O–H groups in total. The molecule has 1 heterocycles. The van der Waals surface area contributed by atoms with Gasteiger partial charge in [-0.2, -0.15) is 0 Å². The summed E-state index contributed by atoms with van der Waals surface area (Å²) in [6.07, 6.45) is 3.47. The van der Waals surface area contributed by atoms with Gasteiger partial charge < -0.3 is 10.1 Å². The van der Waals surface area contributed by atoms with Gasteiger partial charge in [-0.1, -0.05) is 52.9 Å². The Morgan fingerprint density at radius 3 is 2.70 bits per heavy atom. The molecule has 138 valence electrons. The minimum Gasteiger partial charge on any atom is -0.497 e. The first-order chi connectivity index (χ1) is 13.1. The Morgan fingerprint density at radius 1 is 1.26 bits per heavy atom. The molecular formula is C20H17ClN2O2S2. The van der Waals surface area contributed by atoms with Crippen LogP contribution in [0.1, 0.15) is 18.4 Å². The minimum atomic E-state index is -0.446. The topological polar surface area (TPSA) is 51.2 Å². The molecule has 1 saturated carbocycles. The van der Waals surface area contributed by atoms with Crippen LogP contribution in [0.2, 0.25) is 5.02 Å². The van der Waals surface area contributed by atoms with Gasteiger partial charge in [0.15, 0.2) is 5.13 Å². The van der Waals surface area contributed by atoms with Gasteiger partial charge in [0.25, 0.3) is 0 Å². The largest absolute Gasteiger partial charge is 0.497 e. The summed E-state index contributed by atoms with van der Waals surface area (Å²) in [5.41, 5.74) is 0.573. The molecule has 1 amide bonds. The Labute approximate surface area is 170 Å². The van der Waals surface area contributed by atoms with Crippen molar-refractivity contribution in [3.63, 3.8) is 0 Å². The molecule has 3 aromatic rings. The van der Waals surface area contributed by atoms with E-state index in [4.69, 9.17) is 16.3 Å². The van der Waals surface area contributed by atoms with Crippen LogP contribution in [0.4, 0.5) is 5.13 Å². The summed E-state index contributed by atoms with van der Waals surface area (Å²) in [6.45, 7) is 0. The lowest BCUT2D eigenvalue weighted by atomic mass is 9.95. The molecule has 0 atom stereocenters. The summed E-state index contributed by atoms with van der Waals surface area (Å²) >= 11 is 9.07. The van der Waals surface area contributed by atoms with Crippen LogP contribution >= 0.6 is 34.7 Å². The second-order valence-electron chi connectivity index (χ2n) is 6.31. The number of ether oxygens (including phenoxy) is 1. The SMILES string of the molecule is COc1ccc(C2(C(=O)Nc3ncc(Sc4cccc(Cl)c4)s3)CC2)cc1. The summed E-state index contributed by atoms with van der Waals surface area (Å²) in [6, 6.07) is 15.4. The number of carbonyl (C=O) groups is 1. The van der Waals surface area contributed by atoms with E-state index in [0.29, 0.717) is 10.2 Å². The molecular weight excluding hydrogens is 400 g/mol. The van der Waals surface area contributed by atoms with Crippen molar-refractivity contribution in [3.8, 4) is 5.75 Å². The van der Waals surface area contributed by atoms with Crippen LogP contribution in [0.3, 0.4) is 0 Å². The van der Waals surface area contributed by atoms with Gasteiger partial charge in [-0.25, -0.2) is 4.98 Å². The van der Waals surface area contributed by atoms with E-state index in [1.807, 2.05) is 48.5 Å². The number of aromatic nitrogens is 1. The van der Waals surface area contributed by atoms with Crippen LogP contribution in [-0.2, 0) is 10.2 Å². The fourth-order valence-electron chi connectivity index (χ4n) is 2.91. The summed E-state index contributed by atoms with van der Waals surface area (Å²) in [5, 5.41) is 4.30. The second-order valence-corrected chi connectivity index (χ2v) is 9.15. The molecule has 1 aromatic heterocycles. The quantitative estimate of drug-likeness (QED) is 0.566. The van der Waals surface area contributed by atoms with Crippen LogP contribution in [0.15, 0.2) is 63.8 Å². The number of anilines is 1. The molecule has 0 bridgehead atoms. The van der Waals surface area contributed by atoms with E-state index >= 15 is 0 Å². The van der Waals surface area contributed by atoms with Crippen molar-refractivity contribution in [2.24, 2.45) is 0 Å². The highest BCUT2D eigenvalue weighted by Gasteiger charge is 2.51. The number of nitrogens with one attached hydrogen (secondary N) is 1. The van der Waals surface area contributed by atoms with Crippen molar-refractivity contribution in [3.05, 3.63) is 65.3 Å². The lowest BCUT2D eigenvalue weighted by molar-refractivity contribution is -0.118. The van der Waals surface area contributed by atoms with E-state index in [1.54, 1.807) is 25.1 Å². The van der Waals surface area contributed by atoms with Crippen molar-refractivity contribution < 1.29 is 9.53 Å². The van der Waals surface area contributed by atoms with Gasteiger partial charge >= 0.3 is 0 Å². The molecule has 0 unspecified atom stereocenters. The first-order valence-electron chi connectivity index (χ1n) is 8.44. The second kappa shape index (κ2) is 7.54. The predicted octanol–water partition coefficient (Wildman–Crippen LogP) is 5.63. The number of hydrogen-bond donors (Lipinski definition) is 1. The molecule has 0 aliphatic heterocycles. The Hall–Kier alpha value is -2.02. The fourth-order valence-corrected chi connectivity index (χ4v) is 5.07. The first-order valence-corrected chi connectivity index (χ1v) is 10.5. The van der Waals surface area contributed by atoms with E-state index < -0.39 is 5.41 Å². The third-order valence-electron chi connectivity index (χ3n) is 4.55. The molecule has 2 aromatic carbocycles. The molecule has 4 rings (SSSR count). The maximum atomic E-state index is 12.9. The number of amides is 1. The van der Waals surface area contributed by atoms with Crippen LogP contribution in [0.25, 0.3) is 0 Å².